The van der Waals surface area contributed by atoms with Gasteiger partial charge in [-0.15, -0.1) is 0 Å². The van der Waals surface area contributed by atoms with Crippen molar-refractivity contribution in [3.05, 3.63) is 70.2 Å². The van der Waals surface area contributed by atoms with Crippen LogP contribution in [0, 0.1) is 0 Å². The third-order valence-electron chi connectivity index (χ3n) is 8.16. The smallest absolute Gasteiger partial charge is 0.237 e. The number of halogens is 2. The van der Waals surface area contributed by atoms with Crippen molar-refractivity contribution in [2.24, 2.45) is 5.73 Å². The molecule has 0 saturated carbocycles. The van der Waals surface area contributed by atoms with E-state index in [9.17, 15) is 4.79 Å². The van der Waals surface area contributed by atoms with E-state index in [1.807, 2.05) is 43.3 Å². The van der Waals surface area contributed by atoms with Gasteiger partial charge in [-0.25, -0.2) is 9.97 Å². The second-order valence-corrected chi connectivity index (χ2v) is 12.7. The predicted molar refractivity (Wildman–Crippen MR) is 178 cm³/mol. The Morgan fingerprint density at radius 2 is 1.48 bits per heavy atom. The van der Waals surface area contributed by atoms with Crippen LogP contribution in [0.3, 0.4) is 0 Å². The number of ether oxygens (including phenoxy) is 2. The molecule has 1 amide bonds. The molecule has 2 aliphatic heterocycles. The maximum Gasteiger partial charge on any atom is 0.237 e. The molecule has 2 aromatic carbocycles. The van der Waals surface area contributed by atoms with Crippen molar-refractivity contribution in [3.63, 3.8) is 0 Å². The second-order valence-electron chi connectivity index (χ2n) is 12.0. The lowest BCUT2D eigenvalue weighted by Crippen LogP contribution is -2.64. The van der Waals surface area contributed by atoms with E-state index in [0.29, 0.717) is 76.1 Å². The quantitative estimate of drug-likeness (QED) is 0.210. The van der Waals surface area contributed by atoms with Crippen molar-refractivity contribution in [3.8, 4) is 45.4 Å². The van der Waals surface area contributed by atoms with Gasteiger partial charge < -0.3 is 25.8 Å². The first-order valence-electron chi connectivity index (χ1n) is 15.0. The Morgan fingerprint density at radius 1 is 0.935 bits per heavy atom. The maximum atomic E-state index is 11.5. The molecular weight excluding hydrogens is 627 g/mol. The van der Waals surface area contributed by atoms with Crippen molar-refractivity contribution >= 4 is 29.1 Å². The van der Waals surface area contributed by atoms with Crippen molar-refractivity contribution < 1.29 is 14.3 Å². The number of aromatic nitrogens is 4. The number of hydrogen-bond acceptors (Lipinski definition) is 10. The average Bonchev–Trinajstić information content (AvgIpc) is 3.45. The first kappa shape index (κ1) is 32.1. The Bertz CT molecular complexity index is 1760. The van der Waals surface area contributed by atoms with Crippen LogP contribution in [0.5, 0.6) is 11.8 Å². The summed E-state index contributed by atoms with van der Waals surface area (Å²) >= 11 is 14.1. The molecule has 11 nitrogen and oxygen atoms in total. The molecule has 0 radical (unpaired) electrons. The van der Waals surface area contributed by atoms with E-state index in [4.69, 9.17) is 48.4 Å². The average molecular weight is 664 g/mol. The van der Waals surface area contributed by atoms with Gasteiger partial charge in [-0.1, -0.05) is 59.6 Å². The maximum absolute atomic E-state index is 11.5. The Morgan fingerprint density at radius 3 is 2.00 bits per heavy atom. The van der Waals surface area contributed by atoms with Crippen LogP contribution in [-0.4, -0.2) is 76.2 Å². The number of benzene rings is 2. The van der Waals surface area contributed by atoms with Gasteiger partial charge in [-0.3, -0.25) is 19.7 Å². The zero-order valence-corrected chi connectivity index (χ0v) is 27.5. The van der Waals surface area contributed by atoms with E-state index in [1.54, 1.807) is 26.6 Å². The number of nitrogens with zero attached hydrogens (tertiary/aromatic N) is 5. The third kappa shape index (κ3) is 6.79. The van der Waals surface area contributed by atoms with Crippen molar-refractivity contribution in [2.75, 3.05) is 33.9 Å². The van der Waals surface area contributed by atoms with Crippen LogP contribution in [-0.2, 0) is 17.9 Å². The van der Waals surface area contributed by atoms with E-state index in [1.165, 1.54) is 0 Å². The van der Waals surface area contributed by atoms with E-state index in [2.05, 4.69) is 25.5 Å². The summed E-state index contributed by atoms with van der Waals surface area (Å²) in [6.45, 7) is 5.30. The molecule has 2 aromatic heterocycles. The number of carbonyl (C=O) groups is 1. The molecular formula is C33H36Cl2N8O3. The minimum atomic E-state index is -0.177. The predicted octanol–water partition coefficient (Wildman–Crippen LogP) is 4.49. The molecule has 0 aliphatic carbocycles. The van der Waals surface area contributed by atoms with Gasteiger partial charge in [-0.2, -0.15) is 0 Å². The number of hydrogen-bond donors (Lipinski definition) is 3. The summed E-state index contributed by atoms with van der Waals surface area (Å²) < 4.78 is 11.2. The Hall–Kier alpha value is -3.87. The van der Waals surface area contributed by atoms with Crippen LogP contribution in [0.2, 0.25) is 10.0 Å². The molecule has 0 unspecified atom stereocenters. The summed E-state index contributed by atoms with van der Waals surface area (Å²) in [5.74, 6) is 0.923. The lowest BCUT2D eigenvalue weighted by atomic mass is 9.94. The largest absolute Gasteiger partial charge is 0.480 e. The molecule has 6 rings (SSSR count). The summed E-state index contributed by atoms with van der Waals surface area (Å²) in [4.78, 5) is 32.4. The second kappa shape index (κ2) is 13.5. The van der Waals surface area contributed by atoms with Gasteiger partial charge in [0.2, 0.25) is 17.7 Å². The Balaban J connectivity index is 1.24. The number of rotatable bonds is 11. The number of carbonyl (C=O) groups excluding carboxylic acids is 1. The first-order chi connectivity index (χ1) is 22.2. The van der Waals surface area contributed by atoms with Crippen LogP contribution >= 0.6 is 23.2 Å². The lowest BCUT2D eigenvalue weighted by molar-refractivity contribution is -0.119. The van der Waals surface area contributed by atoms with E-state index in [0.717, 1.165) is 36.3 Å². The highest BCUT2D eigenvalue weighted by Gasteiger charge is 2.35. The van der Waals surface area contributed by atoms with Gasteiger partial charge >= 0.3 is 0 Å². The standard InChI is InChI=1S/C33H36Cl2N8O3/c1-33(36)17-43(18-33)16-27-32(46-3)42-25(15-39-27)23-9-5-7-21(30(23)35)20-6-4-8-22(29(20)34)24-14-38-26(31(41-24)45-2)13-37-12-19-10-11-28(44)40-19/h4-9,14-15,19,37H,10-13,16-18,36H2,1-3H3,(H,40,44)/t19-/m0/s1. The van der Waals surface area contributed by atoms with Crippen LogP contribution < -0.4 is 25.8 Å². The highest BCUT2D eigenvalue weighted by atomic mass is 35.5. The number of likely N-dealkylation sites (tertiary alicyclic amines) is 1. The van der Waals surface area contributed by atoms with Gasteiger partial charge in [0.05, 0.1) is 48.0 Å². The van der Waals surface area contributed by atoms with Crippen molar-refractivity contribution in [1.82, 2.24) is 35.5 Å². The van der Waals surface area contributed by atoms with Crippen LogP contribution in [0.1, 0.15) is 31.2 Å². The van der Waals surface area contributed by atoms with Gasteiger partial charge in [0, 0.05) is 73.0 Å². The first-order valence-corrected chi connectivity index (χ1v) is 15.8. The Labute approximate surface area is 277 Å². The van der Waals surface area contributed by atoms with Crippen LogP contribution in [0.15, 0.2) is 48.8 Å². The Kier molecular flexibility index (Phi) is 9.39. The fourth-order valence-corrected chi connectivity index (χ4v) is 6.63. The zero-order valence-electron chi connectivity index (χ0n) is 25.9. The normalized spacial score (nSPS) is 17.4. The van der Waals surface area contributed by atoms with Crippen LogP contribution in [0.25, 0.3) is 33.6 Å². The number of amides is 1. The van der Waals surface area contributed by atoms with E-state index in [-0.39, 0.29) is 17.5 Å². The monoisotopic (exact) mass is 662 g/mol. The summed E-state index contributed by atoms with van der Waals surface area (Å²) in [7, 11) is 3.14. The molecule has 4 heterocycles. The van der Waals surface area contributed by atoms with Crippen LogP contribution in [0.4, 0.5) is 0 Å². The molecule has 46 heavy (non-hydrogen) atoms. The molecule has 2 fully saturated rings. The summed E-state index contributed by atoms with van der Waals surface area (Å²) in [5.41, 5.74) is 11.4. The third-order valence-corrected chi connectivity index (χ3v) is 8.97. The molecule has 4 aromatic rings. The fraction of sp³-hybridized carbons (Fsp3) is 0.364. The molecule has 4 N–H and O–H groups in total. The van der Waals surface area contributed by atoms with E-state index < -0.39 is 0 Å². The highest BCUT2D eigenvalue weighted by Crippen LogP contribution is 2.42. The number of methoxy groups -OCH3 is 2. The molecule has 240 valence electrons. The van der Waals surface area contributed by atoms with Crippen molar-refractivity contribution in [2.45, 2.75) is 44.4 Å². The van der Waals surface area contributed by atoms with Gasteiger partial charge in [0.15, 0.2) is 0 Å². The number of nitrogens with one attached hydrogen (secondary N) is 2. The molecule has 1 atom stereocenters. The molecule has 13 heteroatoms. The SMILES string of the molecule is COc1nc(-c2cccc(-c3cccc(-c4cnc(CN5CC(C)(N)C5)c(OC)n4)c3Cl)c2Cl)cnc1CNC[C@@H]1CCC(=O)N1. The molecule has 0 spiro atoms. The minimum Gasteiger partial charge on any atom is -0.480 e. The highest BCUT2D eigenvalue weighted by molar-refractivity contribution is 6.39. The summed E-state index contributed by atoms with van der Waals surface area (Å²) in [6.07, 6.45) is 4.77. The lowest BCUT2D eigenvalue weighted by Gasteiger charge is -2.45. The van der Waals surface area contributed by atoms with Gasteiger partial charge in [0.1, 0.15) is 11.4 Å². The molecule has 2 saturated heterocycles. The minimum absolute atomic E-state index is 0.0852. The van der Waals surface area contributed by atoms with Crippen molar-refractivity contribution in [1.29, 1.82) is 0 Å². The summed E-state index contributed by atoms with van der Waals surface area (Å²) in [5, 5.41) is 7.24. The zero-order chi connectivity index (χ0) is 32.4. The molecule has 0 bridgehead atoms. The topological polar surface area (TPSA) is 140 Å². The molecule has 2 aliphatic rings. The number of nitrogens with two attached hydrogens (primary N) is 1. The van der Waals surface area contributed by atoms with Gasteiger partial charge in [-0.05, 0) is 13.3 Å². The fourth-order valence-electron chi connectivity index (χ4n) is 5.98. The van der Waals surface area contributed by atoms with E-state index >= 15 is 0 Å². The van der Waals surface area contributed by atoms with Gasteiger partial charge in [0.25, 0.3) is 0 Å². The summed E-state index contributed by atoms with van der Waals surface area (Å²) in [6, 6.07) is 11.5.